The van der Waals surface area contributed by atoms with Crippen molar-refractivity contribution >= 4 is 23.2 Å². The van der Waals surface area contributed by atoms with E-state index < -0.39 is 43.2 Å². The first-order chi connectivity index (χ1) is 11.3. The maximum absolute atomic E-state index is 9.90. The highest BCUT2D eigenvalue weighted by Crippen LogP contribution is 2.08. The van der Waals surface area contributed by atoms with Gasteiger partial charge in [0.1, 0.15) is 18.3 Å². The van der Waals surface area contributed by atoms with Crippen LogP contribution in [0.4, 0.5) is 0 Å². The molecule has 0 saturated heterocycles. The second kappa shape index (κ2) is 15.5. The van der Waals surface area contributed by atoms with E-state index in [1.54, 1.807) is 0 Å². The molecular weight excluding hydrogens is 365 g/mol. The van der Waals surface area contributed by atoms with Gasteiger partial charge in [0.2, 0.25) is 0 Å². The van der Waals surface area contributed by atoms with E-state index in [0.29, 0.717) is 0 Å². The van der Waals surface area contributed by atoms with E-state index >= 15 is 0 Å². The summed E-state index contributed by atoms with van der Waals surface area (Å²) in [5.74, 6) is -0.115. The predicted octanol–water partition coefficient (Wildman–Crippen LogP) is -2.05. The molecule has 0 rings (SSSR count). The molecule has 0 aromatic carbocycles. The zero-order valence-corrected chi connectivity index (χ0v) is 15.6. The van der Waals surface area contributed by atoms with Crippen LogP contribution in [0.2, 0.25) is 0 Å². The second-order valence-electron chi connectivity index (χ2n) is 5.13. The fourth-order valence-electron chi connectivity index (χ4n) is 1.85. The van der Waals surface area contributed by atoms with Crippen molar-refractivity contribution in [2.75, 3.05) is 38.0 Å². The monoisotopic (exact) mass is 395 g/mol. The summed E-state index contributed by atoms with van der Waals surface area (Å²) in [7, 11) is 0. The minimum absolute atomic E-state index is 0.0138. The molecule has 6 atom stereocenters. The topological polar surface area (TPSA) is 145 Å². The van der Waals surface area contributed by atoms with Crippen LogP contribution >= 0.6 is 23.2 Å². The lowest BCUT2D eigenvalue weighted by atomic mass is 10.0. The quantitative estimate of drug-likeness (QED) is 0.187. The summed E-state index contributed by atoms with van der Waals surface area (Å²) in [6.45, 7) is 3.04. The lowest BCUT2D eigenvalue weighted by Gasteiger charge is -2.32. The lowest BCUT2D eigenvalue weighted by Crippen LogP contribution is -2.51. The molecule has 7 N–H and O–H groups in total. The van der Waals surface area contributed by atoms with Crippen LogP contribution in [0.5, 0.6) is 0 Å². The third-order valence-electron chi connectivity index (χ3n) is 3.06. The average Bonchev–Trinajstić information content (AvgIpc) is 2.60. The van der Waals surface area contributed by atoms with Gasteiger partial charge in [-0.2, -0.15) is 0 Å². The van der Waals surface area contributed by atoms with Gasteiger partial charge in [0.25, 0.3) is 0 Å². The Morgan fingerprint density at radius 2 is 1.08 bits per heavy atom. The molecular formula is C14H31Cl2NO7. The molecule has 0 heterocycles. The first-order valence-electron chi connectivity index (χ1n) is 7.80. The minimum atomic E-state index is -1.74. The van der Waals surface area contributed by atoms with Crippen molar-refractivity contribution in [3.05, 3.63) is 0 Å². The summed E-state index contributed by atoms with van der Waals surface area (Å²) in [4.78, 5) is 1.42. The normalized spacial score (nSPS) is 19.0. The Morgan fingerprint density at radius 1 is 0.708 bits per heavy atom. The van der Waals surface area contributed by atoms with Crippen molar-refractivity contribution in [1.29, 1.82) is 0 Å². The fourth-order valence-corrected chi connectivity index (χ4v) is 2.05. The fraction of sp³-hybridized carbons (Fsp3) is 1.00. The highest BCUT2D eigenvalue weighted by atomic mass is 35.5. The van der Waals surface area contributed by atoms with Crippen LogP contribution in [-0.4, -0.2) is 115 Å². The first-order valence-corrected chi connectivity index (χ1v) is 8.87. The molecule has 0 aliphatic rings. The van der Waals surface area contributed by atoms with Crippen LogP contribution in [0.1, 0.15) is 13.8 Å². The molecule has 10 heteroatoms. The van der Waals surface area contributed by atoms with Crippen molar-refractivity contribution in [3.63, 3.8) is 0 Å². The van der Waals surface area contributed by atoms with Crippen LogP contribution in [0.3, 0.4) is 0 Å². The van der Waals surface area contributed by atoms with Gasteiger partial charge in [-0.15, -0.1) is 23.2 Å². The summed E-state index contributed by atoms with van der Waals surface area (Å²) in [5, 5.41) is 66.2. The molecule has 0 aliphatic carbocycles. The summed E-state index contributed by atoms with van der Waals surface area (Å²) in [6.07, 6.45) is -8.37. The van der Waals surface area contributed by atoms with Crippen LogP contribution in [0.15, 0.2) is 0 Å². The smallest absolute Gasteiger partial charge is 0.111 e. The van der Waals surface area contributed by atoms with E-state index in [4.69, 9.17) is 28.3 Å². The zero-order valence-electron chi connectivity index (χ0n) is 14.0. The number of rotatable bonds is 12. The molecule has 0 amide bonds. The van der Waals surface area contributed by atoms with Gasteiger partial charge in [0, 0.05) is 31.4 Å². The Morgan fingerprint density at radius 3 is 1.42 bits per heavy atom. The van der Waals surface area contributed by atoms with Crippen molar-refractivity contribution in [1.82, 2.24) is 4.90 Å². The maximum atomic E-state index is 9.90. The van der Waals surface area contributed by atoms with Gasteiger partial charge in [-0.3, -0.25) is 4.90 Å². The van der Waals surface area contributed by atoms with E-state index in [1.807, 2.05) is 13.8 Å². The summed E-state index contributed by atoms with van der Waals surface area (Å²) >= 11 is 11.0. The molecule has 0 aromatic rings. The van der Waals surface area contributed by atoms with Gasteiger partial charge in [-0.25, -0.2) is 0 Å². The van der Waals surface area contributed by atoms with Gasteiger partial charge in [-0.05, 0) is 0 Å². The van der Waals surface area contributed by atoms with Crippen molar-refractivity contribution in [2.24, 2.45) is 0 Å². The number of nitrogens with zero attached hydrogens (tertiary/aromatic N) is 1. The SMILES string of the molecule is CC.OCC(O)C(O)C(O)C(O)CN(CC(O)CCl)CC(O)CCl. The van der Waals surface area contributed by atoms with Gasteiger partial charge in [0.15, 0.2) is 0 Å². The van der Waals surface area contributed by atoms with Crippen molar-refractivity contribution in [3.8, 4) is 0 Å². The van der Waals surface area contributed by atoms with E-state index in [0.717, 1.165) is 0 Å². The summed E-state index contributed by atoms with van der Waals surface area (Å²) in [6, 6.07) is 0. The number of halogens is 2. The number of aliphatic hydroxyl groups is 7. The highest BCUT2D eigenvalue weighted by Gasteiger charge is 2.31. The standard InChI is InChI=1S/C12H25Cl2NO7.C2H6/c13-1-7(17)3-15(4-8(18)2-14)5-9(19)11(21)12(22)10(20)6-16;1-2/h7-12,16-22H,1-6H2;1-2H3. The van der Waals surface area contributed by atoms with Gasteiger partial charge in [0.05, 0.1) is 24.9 Å². The Kier molecular flexibility index (Phi) is 17.1. The zero-order chi connectivity index (χ0) is 19.3. The molecule has 0 spiro atoms. The average molecular weight is 396 g/mol. The van der Waals surface area contributed by atoms with Crippen LogP contribution in [0, 0.1) is 0 Å². The molecule has 6 unspecified atom stereocenters. The first kappa shape index (κ1) is 26.5. The van der Waals surface area contributed by atoms with Crippen molar-refractivity contribution in [2.45, 2.75) is 50.5 Å². The predicted molar refractivity (Wildman–Crippen MR) is 92.4 cm³/mol. The molecule has 8 nitrogen and oxygen atoms in total. The van der Waals surface area contributed by atoms with Crippen LogP contribution < -0.4 is 0 Å². The van der Waals surface area contributed by atoms with Gasteiger partial charge in [-0.1, -0.05) is 13.8 Å². The summed E-state index contributed by atoms with van der Waals surface area (Å²) in [5.41, 5.74) is 0. The second-order valence-corrected chi connectivity index (χ2v) is 5.75. The Hall–Kier alpha value is 0.260. The maximum Gasteiger partial charge on any atom is 0.111 e. The van der Waals surface area contributed by atoms with E-state index in [-0.39, 0.29) is 31.4 Å². The molecule has 0 aromatic heterocycles. The van der Waals surface area contributed by atoms with Crippen LogP contribution in [0.25, 0.3) is 0 Å². The van der Waals surface area contributed by atoms with Crippen LogP contribution in [-0.2, 0) is 0 Å². The van der Waals surface area contributed by atoms with E-state index in [9.17, 15) is 30.6 Å². The van der Waals surface area contributed by atoms with E-state index in [2.05, 4.69) is 0 Å². The molecule has 0 bridgehead atoms. The van der Waals surface area contributed by atoms with Gasteiger partial charge >= 0.3 is 0 Å². The molecule has 148 valence electrons. The minimum Gasteiger partial charge on any atom is -0.394 e. The number of aliphatic hydroxyl groups excluding tert-OH is 7. The molecule has 0 radical (unpaired) electrons. The third-order valence-corrected chi connectivity index (χ3v) is 3.78. The molecule has 24 heavy (non-hydrogen) atoms. The highest BCUT2D eigenvalue weighted by molar-refractivity contribution is 6.18. The van der Waals surface area contributed by atoms with Gasteiger partial charge < -0.3 is 35.7 Å². The third kappa shape index (κ3) is 11.0. The Labute approximate surface area is 152 Å². The number of alkyl halides is 2. The summed E-state index contributed by atoms with van der Waals surface area (Å²) < 4.78 is 0. The number of hydrogen-bond acceptors (Lipinski definition) is 8. The largest absolute Gasteiger partial charge is 0.394 e. The molecule has 0 saturated carbocycles. The lowest BCUT2D eigenvalue weighted by molar-refractivity contribution is -0.121. The molecule has 0 aliphatic heterocycles. The Balaban J connectivity index is 0. The molecule has 0 fully saturated rings. The van der Waals surface area contributed by atoms with Crippen molar-refractivity contribution < 1.29 is 35.7 Å². The number of hydrogen-bond donors (Lipinski definition) is 7. The Bertz CT molecular complexity index is 280. The van der Waals surface area contributed by atoms with E-state index in [1.165, 1.54) is 4.90 Å².